The molecular formula is C9H15IN2O. The van der Waals surface area contributed by atoms with Crippen molar-refractivity contribution in [1.29, 1.82) is 0 Å². The van der Waals surface area contributed by atoms with Gasteiger partial charge in [-0.3, -0.25) is 4.68 Å². The lowest BCUT2D eigenvalue weighted by atomic mass is 10.3. The van der Waals surface area contributed by atoms with Crippen LogP contribution in [0.15, 0.2) is 0 Å². The van der Waals surface area contributed by atoms with Crippen LogP contribution in [0.1, 0.15) is 24.4 Å². The Labute approximate surface area is 92.6 Å². The fourth-order valence-electron chi connectivity index (χ4n) is 1.38. The Hall–Kier alpha value is -0.100. The number of hydrogen-bond donors (Lipinski definition) is 0. The first-order valence-corrected chi connectivity index (χ1v) is 5.36. The van der Waals surface area contributed by atoms with Crippen LogP contribution in [0.25, 0.3) is 0 Å². The Morgan fingerprint density at radius 2 is 2.15 bits per heavy atom. The summed E-state index contributed by atoms with van der Waals surface area (Å²) in [7, 11) is 1.72. The van der Waals surface area contributed by atoms with Gasteiger partial charge in [0.15, 0.2) is 0 Å². The van der Waals surface area contributed by atoms with E-state index in [2.05, 4.69) is 41.5 Å². The quantitative estimate of drug-likeness (QED) is 0.800. The second-order valence-electron chi connectivity index (χ2n) is 3.23. The highest BCUT2D eigenvalue weighted by molar-refractivity contribution is 14.1. The van der Waals surface area contributed by atoms with Gasteiger partial charge in [-0.25, -0.2) is 0 Å². The maximum Gasteiger partial charge on any atom is 0.0730 e. The molecule has 74 valence electrons. The van der Waals surface area contributed by atoms with Crippen LogP contribution in [0.5, 0.6) is 0 Å². The van der Waals surface area contributed by atoms with Crippen LogP contribution >= 0.6 is 22.6 Å². The second kappa shape index (κ2) is 4.41. The number of halogens is 1. The molecule has 0 bridgehead atoms. The van der Waals surface area contributed by atoms with Crippen LogP contribution < -0.4 is 0 Å². The second-order valence-corrected chi connectivity index (χ2v) is 4.31. The van der Waals surface area contributed by atoms with Crippen molar-refractivity contribution in [2.24, 2.45) is 0 Å². The van der Waals surface area contributed by atoms with Crippen LogP contribution in [0.3, 0.4) is 0 Å². The van der Waals surface area contributed by atoms with Gasteiger partial charge in [0.2, 0.25) is 0 Å². The summed E-state index contributed by atoms with van der Waals surface area (Å²) in [5.74, 6) is 0. The highest BCUT2D eigenvalue weighted by Crippen LogP contribution is 2.18. The first-order chi connectivity index (χ1) is 6.07. The molecule has 0 aliphatic carbocycles. The van der Waals surface area contributed by atoms with Crippen molar-refractivity contribution in [3.63, 3.8) is 0 Å². The van der Waals surface area contributed by atoms with Gasteiger partial charge in [-0.2, -0.15) is 5.10 Å². The van der Waals surface area contributed by atoms with Gasteiger partial charge in [0.05, 0.1) is 21.9 Å². The van der Waals surface area contributed by atoms with Gasteiger partial charge in [-0.05, 0) is 43.4 Å². The summed E-state index contributed by atoms with van der Waals surface area (Å²) < 4.78 is 8.38. The zero-order chi connectivity index (χ0) is 10.0. The van der Waals surface area contributed by atoms with Gasteiger partial charge < -0.3 is 4.74 Å². The van der Waals surface area contributed by atoms with E-state index < -0.39 is 0 Å². The predicted octanol–water partition coefficient (Wildman–Crippen LogP) is 2.31. The van der Waals surface area contributed by atoms with Crippen molar-refractivity contribution in [1.82, 2.24) is 9.78 Å². The molecule has 0 aromatic carbocycles. The summed E-state index contributed by atoms with van der Waals surface area (Å²) in [5, 5.41) is 4.46. The number of aromatic nitrogens is 2. The fourth-order valence-corrected chi connectivity index (χ4v) is 1.74. The van der Waals surface area contributed by atoms with Gasteiger partial charge >= 0.3 is 0 Å². The van der Waals surface area contributed by atoms with Crippen LogP contribution in [0, 0.1) is 17.4 Å². The molecule has 0 fully saturated rings. The minimum Gasteiger partial charge on any atom is -0.382 e. The first kappa shape index (κ1) is 11.0. The third-order valence-corrected chi connectivity index (χ3v) is 3.62. The zero-order valence-electron chi connectivity index (χ0n) is 8.47. The summed E-state index contributed by atoms with van der Waals surface area (Å²) in [6, 6.07) is 0.312. The SMILES string of the molecule is COCC(C)n1nc(C)c(I)c1C. The number of methoxy groups -OCH3 is 1. The van der Waals surface area contributed by atoms with Crippen LogP contribution in [-0.2, 0) is 4.74 Å². The average Bonchev–Trinajstić information content (AvgIpc) is 2.33. The van der Waals surface area contributed by atoms with E-state index in [0.717, 1.165) is 5.69 Å². The smallest absolute Gasteiger partial charge is 0.0730 e. The van der Waals surface area contributed by atoms with Crippen LogP contribution in [-0.4, -0.2) is 23.5 Å². The molecule has 0 radical (unpaired) electrons. The predicted molar refractivity (Wildman–Crippen MR) is 61.0 cm³/mol. The van der Waals surface area contributed by atoms with Crippen molar-refractivity contribution in [2.45, 2.75) is 26.8 Å². The van der Waals surface area contributed by atoms with Gasteiger partial charge in [-0.1, -0.05) is 0 Å². The van der Waals surface area contributed by atoms with Crippen molar-refractivity contribution in [2.75, 3.05) is 13.7 Å². The number of nitrogens with zero attached hydrogens (tertiary/aromatic N) is 2. The van der Waals surface area contributed by atoms with E-state index in [4.69, 9.17) is 4.74 Å². The monoisotopic (exact) mass is 294 g/mol. The molecule has 3 nitrogen and oxygen atoms in total. The average molecular weight is 294 g/mol. The van der Waals surface area contributed by atoms with E-state index in [1.807, 2.05) is 11.6 Å². The highest BCUT2D eigenvalue weighted by Gasteiger charge is 2.13. The first-order valence-electron chi connectivity index (χ1n) is 4.28. The van der Waals surface area contributed by atoms with E-state index in [9.17, 15) is 0 Å². The summed E-state index contributed by atoms with van der Waals surface area (Å²) in [5.41, 5.74) is 2.32. The standard InChI is InChI=1S/C9H15IN2O/c1-6(5-13-4)12-8(3)9(10)7(2)11-12/h6H,5H2,1-4H3. The van der Waals surface area contributed by atoms with Gasteiger partial charge in [0.25, 0.3) is 0 Å². The third kappa shape index (κ3) is 2.22. The van der Waals surface area contributed by atoms with E-state index in [0.29, 0.717) is 12.6 Å². The molecule has 0 saturated heterocycles. The minimum atomic E-state index is 0.312. The van der Waals surface area contributed by atoms with Gasteiger partial charge in [0, 0.05) is 12.8 Å². The Balaban J connectivity index is 2.94. The molecule has 1 aromatic rings. The highest BCUT2D eigenvalue weighted by atomic mass is 127. The number of aryl methyl sites for hydroxylation is 1. The summed E-state index contributed by atoms with van der Waals surface area (Å²) in [4.78, 5) is 0. The Kier molecular flexibility index (Phi) is 3.73. The van der Waals surface area contributed by atoms with E-state index in [-0.39, 0.29) is 0 Å². The maximum atomic E-state index is 5.10. The number of hydrogen-bond acceptors (Lipinski definition) is 2. The Morgan fingerprint density at radius 1 is 1.54 bits per heavy atom. The molecule has 0 amide bonds. The largest absolute Gasteiger partial charge is 0.382 e. The molecule has 1 atom stereocenters. The molecule has 1 unspecified atom stereocenters. The molecule has 13 heavy (non-hydrogen) atoms. The molecule has 0 aliphatic rings. The Morgan fingerprint density at radius 3 is 2.54 bits per heavy atom. The lowest BCUT2D eigenvalue weighted by Crippen LogP contribution is -2.14. The van der Waals surface area contributed by atoms with Crippen molar-refractivity contribution in [3.8, 4) is 0 Å². The molecule has 1 heterocycles. The number of rotatable bonds is 3. The molecule has 0 aliphatic heterocycles. The van der Waals surface area contributed by atoms with Crippen LogP contribution in [0.4, 0.5) is 0 Å². The molecule has 1 rings (SSSR count). The van der Waals surface area contributed by atoms with Crippen LogP contribution in [0.2, 0.25) is 0 Å². The zero-order valence-corrected chi connectivity index (χ0v) is 10.6. The summed E-state index contributed by atoms with van der Waals surface area (Å²) in [6.07, 6.45) is 0. The van der Waals surface area contributed by atoms with E-state index >= 15 is 0 Å². The third-order valence-electron chi connectivity index (χ3n) is 2.06. The summed E-state index contributed by atoms with van der Waals surface area (Å²) in [6.45, 7) is 6.94. The summed E-state index contributed by atoms with van der Waals surface area (Å²) >= 11 is 2.33. The maximum absolute atomic E-state index is 5.10. The van der Waals surface area contributed by atoms with E-state index in [1.54, 1.807) is 7.11 Å². The van der Waals surface area contributed by atoms with Crippen molar-refractivity contribution >= 4 is 22.6 Å². The molecule has 0 N–H and O–H groups in total. The topological polar surface area (TPSA) is 27.1 Å². The molecular weight excluding hydrogens is 279 g/mol. The molecule has 4 heteroatoms. The molecule has 0 saturated carbocycles. The van der Waals surface area contributed by atoms with E-state index in [1.165, 1.54) is 9.26 Å². The van der Waals surface area contributed by atoms with Gasteiger partial charge in [-0.15, -0.1) is 0 Å². The lowest BCUT2D eigenvalue weighted by Gasteiger charge is -2.12. The molecule has 0 spiro atoms. The molecule has 1 aromatic heterocycles. The van der Waals surface area contributed by atoms with Crippen molar-refractivity contribution in [3.05, 3.63) is 15.0 Å². The minimum absolute atomic E-state index is 0.312. The lowest BCUT2D eigenvalue weighted by molar-refractivity contribution is 0.156. The number of ether oxygens (including phenoxy) is 1. The normalized spacial score (nSPS) is 13.3. The fraction of sp³-hybridized carbons (Fsp3) is 0.667. The van der Waals surface area contributed by atoms with Crippen molar-refractivity contribution < 1.29 is 4.74 Å². The Bertz CT molecular complexity index is 296. The van der Waals surface area contributed by atoms with Gasteiger partial charge in [0.1, 0.15) is 0 Å².